The van der Waals surface area contributed by atoms with Gasteiger partial charge in [-0.1, -0.05) is 30.3 Å². The molecule has 3 rings (SSSR count). The minimum absolute atomic E-state index is 0.0213. The third-order valence-electron chi connectivity index (χ3n) is 3.28. The monoisotopic (exact) mass is 258 g/mol. The summed E-state index contributed by atoms with van der Waals surface area (Å²) in [5, 5.41) is 3.31. The van der Waals surface area contributed by atoms with Crippen molar-refractivity contribution in [2.75, 3.05) is 11.9 Å². The first-order chi connectivity index (χ1) is 9.33. The topological polar surface area (TPSA) is 34.1 Å². The highest BCUT2D eigenvalue weighted by Gasteiger charge is 2.29. The molecule has 0 amide bonds. The molecule has 0 radical (unpaired) electrons. The van der Waals surface area contributed by atoms with E-state index in [1.165, 1.54) is 12.3 Å². The molecular weight excluding hydrogens is 243 g/mol. The van der Waals surface area contributed by atoms with Crippen LogP contribution in [0, 0.1) is 5.82 Å². The standard InChI is InChI=1S/C15H15FN2O/c16-12-6-7-14(17-10-12)18-13-8-9-19-15(13)11-4-2-1-3-5-11/h1-7,10,13,15H,8-9H2,(H,17,18)/t13-,15+/m1/s1. The number of anilines is 1. The van der Waals surface area contributed by atoms with Crippen molar-refractivity contribution in [1.82, 2.24) is 4.98 Å². The van der Waals surface area contributed by atoms with Crippen molar-refractivity contribution in [1.29, 1.82) is 0 Å². The zero-order valence-electron chi connectivity index (χ0n) is 10.4. The van der Waals surface area contributed by atoms with Crippen LogP contribution in [0.5, 0.6) is 0 Å². The van der Waals surface area contributed by atoms with Crippen LogP contribution in [0.4, 0.5) is 10.2 Å². The van der Waals surface area contributed by atoms with Gasteiger partial charge in [-0.2, -0.15) is 0 Å². The molecule has 1 saturated heterocycles. The van der Waals surface area contributed by atoms with Gasteiger partial charge >= 0.3 is 0 Å². The number of hydrogen-bond donors (Lipinski definition) is 1. The second kappa shape index (κ2) is 5.36. The lowest BCUT2D eigenvalue weighted by Gasteiger charge is -2.20. The summed E-state index contributed by atoms with van der Waals surface area (Å²) in [4.78, 5) is 4.03. The van der Waals surface area contributed by atoms with Crippen molar-refractivity contribution in [3.05, 3.63) is 60.0 Å². The van der Waals surface area contributed by atoms with Crippen molar-refractivity contribution >= 4 is 5.82 Å². The van der Waals surface area contributed by atoms with E-state index in [1.54, 1.807) is 6.07 Å². The van der Waals surface area contributed by atoms with Crippen molar-refractivity contribution in [3.63, 3.8) is 0 Å². The quantitative estimate of drug-likeness (QED) is 0.918. The van der Waals surface area contributed by atoms with Crippen LogP contribution in [-0.4, -0.2) is 17.6 Å². The second-order valence-electron chi connectivity index (χ2n) is 4.60. The summed E-state index contributed by atoms with van der Waals surface area (Å²) in [5.74, 6) is 0.352. The molecule has 1 aliphatic rings. The Labute approximate surface area is 111 Å². The van der Waals surface area contributed by atoms with E-state index >= 15 is 0 Å². The first-order valence-electron chi connectivity index (χ1n) is 6.37. The lowest BCUT2D eigenvalue weighted by Crippen LogP contribution is -2.23. The summed E-state index contributed by atoms with van der Waals surface area (Å²) in [5.41, 5.74) is 1.15. The fourth-order valence-electron chi connectivity index (χ4n) is 2.36. The number of nitrogens with one attached hydrogen (secondary N) is 1. The molecule has 4 heteroatoms. The van der Waals surface area contributed by atoms with Crippen LogP contribution < -0.4 is 5.32 Å². The van der Waals surface area contributed by atoms with E-state index in [0.29, 0.717) is 5.82 Å². The predicted octanol–water partition coefficient (Wildman–Crippen LogP) is 3.16. The number of aromatic nitrogens is 1. The van der Waals surface area contributed by atoms with Crippen molar-refractivity contribution in [2.45, 2.75) is 18.6 Å². The third-order valence-corrected chi connectivity index (χ3v) is 3.28. The molecule has 3 nitrogen and oxygen atoms in total. The Morgan fingerprint density at radius 3 is 2.74 bits per heavy atom. The first-order valence-corrected chi connectivity index (χ1v) is 6.37. The molecule has 1 N–H and O–H groups in total. The highest BCUT2D eigenvalue weighted by Crippen LogP contribution is 2.30. The smallest absolute Gasteiger partial charge is 0.141 e. The van der Waals surface area contributed by atoms with Gasteiger partial charge in [-0.05, 0) is 24.1 Å². The number of ether oxygens (including phenoxy) is 1. The van der Waals surface area contributed by atoms with Gasteiger partial charge in [0.15, 0.2) is 0 Å². The van der Waals surface area contributed by atoms with Gasteiger partial charge in [-0.3, -0.25) is 0 Å². The maximum absolute atomic E-state index is 12.8. The second-order valence-corrected chi connectivity index (χ2v) is 4.60. The fourth-order valence-corrected chi connectivity index (χ4v) is 2.36. The minimum atomic E-state index is -0.326. The highest BCUT2D eigenvalue weighted by atomic mass is 19.1. The van der Waals surface area contributed by atoms with Crippen LogP contribution in [0.3, 0.4) is 0 Å². The summed E-state index contributed by atoms with van der Waals surface area (Å²) in [6.07, 6.45) is 2.15. The van der Waals surface area contributed by atoms with Crippen LogP contribution in [-0.2, 0) is 4.74 Å². The summed E-state index contributed by atoms with van der Waals surface area (Å²) in [7, 11) is 0. The molecule has 98 valence electrons. The van der Waals surface area contributed by atoms with Crippen LogP contribution in [0.15, 0.2) is 48.7 Å². The maximum Gasteiger partial charge on any atom is 0.141 e. The number of pyridine rings is 1. The van der Waals surface area contributed by atoms with E-state index in [0.717, 1.165) is 18.6 Å². The Hall–Kier alpha value is -1.94. The Bertz CT molecular complexity index is 530. The zero-order valence-corrected chi connectivity index (χ0v) is 10.4. The van der Waals surface area contributed by atoms with E-state index in [9.17, 15) is 4.39 Å². The number of rotatable bonds is 3. The van der Waals surface area contributed by atoms with Gasteiger partial charge in [0.25, 0.3) is 0 Å². The average Bonchev–Trinajstić information content (AvgIpc) is 2.90. The number of nitrogens with zero attached hydrogens (tertiary/aromatic N) is 1. The Morgan fingerprint density at radius 1 is 1.16 bits per heavy atom. The maximum atomic E-state index is 12.8. The molecule has 0 spiro atoms. The van der Waals surface area contributed by atoms with Crippen molar-refractivity contribution in [2.24, 2.45) is 0 Å². The lowest BCUT2D eigenvalue weighted by molar-refractivity contribution is 0.107. The average molecular weight is 258 g/mol. The van der Waals surface area contributed by atoms with Crippen LogP contribution >= 0.6 is 0 Å². The molecule has 2 atom stereocenters. The normalized spacial score (nSPS) is 22.4. The van der Waals surface area contributed by atoms with Crippen LogP contribution in [0.25, 0.3) is 0 Å². The Morgan fingerprint density at radius 2 is 2.00 bits per heavy atom. The van der Waals surface area contributed by atoms with Crippen LogP contribution in [0.2, 0.25) is 0 Å². The van der Waals surface area contributed by atoms with Gasteiger partial charge in [-0.15, -0.1) is 0 Å². The molecule has 0 unspecified atom stereocenters. The van der Waals surface area contributed by atoms with E-state index in [1.807, 2.05) is 18.2 Å². The highest BCUT2D eigenvalue weighted by molar-refractivity contribution is 5.37. The molecule has 0 saturated carbocycles. The molecule has 0 aliphatic carbocycles. The zero-order chi connectivity index (χ0) is 13.1. The predicted molar refractivity (Wildman–Crippen MR) is 71.4 cm³/mol. The van der Waals surface area contributed by atoms with E-state index in [4.69, 9.17) is 4.74 Å². The lowest BCUT2D eigenvalue weighted by atomic mass is 10.0. The molecule has 1 aromatic carbocycles. The minimum Gasteiger partial charge on any atom is -0.371 e. The molecule has 1 aliphatic heterocycles. The molecule has 0 bridgehead atoms. The SMILES string of the molecule is Fc1ccc(N[C@@H]2CCO[C@H]2c2ccccc2)nc1. The van der Waals surface area contributed by atoms with Crippen LogP contribution in [0.1, 0.15) is 18.1 Å². The summed E-state index contributed by atoms with van der Waals surface area (Å²) < 4.78 is 18.6. The van der Waals surface area contributed by atoms with Crippen molar-refractivity contribution in [3.8, 4) is 0 Å². The Balaban J connectivity index is 1.75. The van der Waals surface area contributed by atoms with Gasteiger partial charge in [0.05, 0.1) is 12.2 Å². The third kappa shape index (κ3) is 2.74. The molecule has 1 aromatic heterocycles. The molecule has 19 heavy (non-hydrogen) atoms. The van der Waals surface area contributed by atoms with E-state index in [-0.39, 0.29) is 18.0 Å². The fraction of sp³-hybridized carbons (Fsp3) is 0.267. The first kappa shape index (κ1) is 12.1. The van der Waals surface area contributed by atoms with E-state index in [2.05, 4.69) is 22.4 Å². The molecule has 2 heterocycles. The van der Waals surface area contributed by atoms with Gasteiger partial charge in [0, 0.05) is 6.61 Å². The number of halogens is 1. The van der Waals surface area contributed by atoms with E-state index < -0.39 is 0 Å². The number of hydrogen-bond acceptors (Lipinski definition) is 3. The summed E-state index contributed by atoms with van der Waals surface area (Å²) in [6, 6.07) is 13.3. The van der Waals surface area contributed by atoms with Gasteiger partial charge in [0.2, 0.25) is 0 Å². The number of benzene rings is 1. The van der Waals surface area contributed by atoms with Gasteiger partial charge in [0.1, 0.15) is 17.7 Å². The molecular formula is C15H15FN2O. The van der Waals surface area contributed by atoms with Gasteiger partial charge < -0.3 is 10.1 Å². The summed E-state index contributed by atoms with van der Waals surface area (Å²) >= 11 is 0. The Kier molecular flexibility index (Phi) is 3.42. The van der Waals surface area contributed by atoms with Gasteiger partial charge in [-0.25, -0.2) is 9.37 Å². The summed E-state index contributed by atoms with van der Waals surface area (Å²) in [6.45, 7) is 0.721. The molecule has 1 fully saturated rings. The largest absolute Gasteiger partial charge is 0.371 e. The molecule has 2 aromatic rings. The van der Waals surface area contributed by atoms with Crippen molar-refractivity contribution < 1.29 is 9.13 Å².